The summed E-state index contributed by atoms with van der Waals surface area (Å²) in [4.78, 5) is 17.8. The number of urea groups is 1. The van der Waals surface area contributed by atoms with Crippen LogP contribution in [0.3, 0.4) is 0 Å². The number of pyridine rings is 1. The zero-order valence-electron chi connectivity index (χ0n) is 12.3. The number of alkyl halides is 2. The minimum Gasteiger partial charge on any atom is -0.373 e. The highest BCUT2D eigenvalue weighted by atomic mass is 19.3. The average molecular weight is 311 g/mol. The maximum absolute atomic E-state index is 13.6. The summed E-state index contributed by atoms with van der Waals surface area (Å²) >= 11 is 0. The topological polar surface area (TPSA) is 54.5 Å². The van der Waals surface area contributed by atoms with Crippen LogP contribution < -0.4 is 5.32 Å². The standard InChI is InChI=1S/C15H19F2N3O2/c1-20(14(21)19-12-8-22-9-15(12,16)17)13(10-2-3-10)11-4-6-18-7-5-11/h4-7,10,12-13H,2-3,8-9H2,1H3,(H,19,21)/t12-,13-/m1/s1. The largest absolute Gasteiger partial charge is 0.373 e. The monoisotopic (exact) mass is 311 g/mol. The Morgan fingerprint density at radius 1 is 1.45 bits per heavy atom. The molecule has 2 amide bonds. The molecule has 1 N–H and O–H groups in total. The van der Waals surface area contributed by atoms with Crippen molar-refractivity contribution in [1.82, 2.24) is 15.2 Å². The molecular weight excluding hydrogens is 292 g/mol. The predicted octanol–water partition coefficient (Wildman–Crippen LogP) is 2.21. The van der Waals surface area contributed by atoms with Gasteiger partial charge in [0.05, 0.1) is 12.6 Å². The molecular formula is C15H19F2N3O2. The number of nitrogens with one attached hydrogen (secondary N) is 1. The van der Waals surface area contributed by atoms with Crippen LogP contribution in [0, 0.1) is 5.92 Å². The van der Waals surface area contributed by atoms with E-state index in [0.717, 1.165) is 18.4 Å². The van der Waals surface area contributed by atoms with E-state index < -0.39 is 24.6 Å². The first-order valence-corrected chi connectivity index (χ1v) is 7.38. The lowest BCUT2D eigenvalue weighted by Crippen LogP contribution is -2.51. The first-order valence-electron chi connectivity index (χ1n) is 7.38. The molecule has 1 aromatic rings. The maximum atomic E-state index is 13.6. The summed E-state index contributed by atoms with van der Waals surface area (Å²) in [5.41, 5.74) is 0.976. The lowest BCUT2D eigenvalue weighted by molar-refractivity contribution is -0.0224. The molecule has 2 atom stereocenters. The summed E-state index contributed by atoms with van der Waals surface area (Å²) in [5.74, 6) is -2.64. The Morgan fingerprint density at radius 3 is 2.68 bits per heavy atom. The summed E-state index contributed by atoms with van der Waals surface area (Å²) in [6, 6.07) is 1.85. The first kappa shape index (κ1) is 15.1. The van der Waals surface area contributed by atoms with E-state index in [-0.39, 0.29) is 12.6 Å². The third-order valence-corrected chi connectivity index (χ3v) is 4.24. The molecule has 1 aliphatic carbocycles. The van der Waals surface area contributed by atoms with Gasteiger partial charge in [-0.25, -0.2) is 13.6 Å². The highest BCUT2D eigenvalue weighted by molar-refractivity contribution is 5.75. The van der Waals surface area contributed by atoms with Crippen molar-refractivity contribution in [2.75, 3.05) is 20.3 Å². The summed E-state index contributed by atoms with van der Waals surface area (Å²) in [6.07, 6.45) is 5.42. The van der Waals surface area contributed by atoms with Gasteiger partial charge in [-0.2, -0.15) is 0 Å². The fourth-order valence-corrected chi connectivity index (χ4v) is 2.84. The Balaban J connectivity index is 1.71. The number of hydrogen-bond acceptors (Lipinski definition) is 3. The molecule has 120 valence electrons. The predicted molar refractivity (Wildman–Crippen MR) is 75.6 cm³/mol. The van der Waals surface area contributed by atoms with Gasteiger partial charge in [0.15, 0.2) is 0 Å². The lowest BCUT2D eigenvalue weighted by Gasteiger charge is -2.30. The van der Waals surface area contributed by atoms with Crippen LogP contribution in [0.25, 0.3) is 0 Å². The van der Waals surface area contributed by atoms with E-state index in [0.29, 0.717) is 5.92 Å². The SMILES string of the molecule is CN(C(=O)N[C@@H]1COCC1(F)F)[C@@H](c1ccncc1)C1CC1. The Hall–Kier alpha value is -1.76. The normalized spacial score (nSPS) is 24.8. The van der Waals surface area contributed by atoms with Gasteiger partial charge in [0.2, 0.25) is 0 Å². The van der Waals surface area contributed by atoms with Crippen molar-refractivity contribution >= 4 is 6.03 Å². The summed E-state index contributed by atoms with van der Waals surface area (Å²) < 4.78 is 31.9. The number of halogens is 2. The van der Waals surface area contributed by atoms with Crippen LogP contribution in [0.15, 0.2) is 24.5 Å². The third kappa shape index (κ3) is 3.04. The van der Waals surface area contributed by atoms with Crippen LogP contribution in [0.2, 0.25) is 0 Å². The molecule has 1 aliphatic heterocycles. The average Bonchev–Trinajstić information content (AvgIpc) is 3.26. The van der Waals surface area contributed by atoms with E-state index in [1.165, 1.54) is 4.90 Å². The molecule has 22 heavy (non-hydrogen) atoms. The van der Waals surface area contributed by atoms with Crippen molar-refractivity contribution in [3.8, 4) is 0 Å². The molecule has 5 nitrogen and oxygen atoms in total. The number of ether oxygens (including phenoxy) is 1. The fraction of sp³-hybridized carbons (Fsp3) is 0.600. The van der Waals surface area contributed by atoms with Crippen LogP contribution in [0.4, 0.5) is 13.6 Å². The van der Waals surface area contributed by atoms with Gasteiger partial charge in [0, 0.05) is 19.4 Å². The number of carbonyl (C=O) groups excluding carboxylic acids is 1. The molecule has 1 saturated carbocycles. The summed E-state index contributed by atoms with van der Waals surface area (Å²) in [5, 5.41) is 2.40. The second-order valence-electron chi connectivity index (χ2n) is 5.95. The van der Waals surface area contributed by atoms with Crippen molar-refractivity contribution in [2.24, 2.45) is 5.92 Å². The zero-order valence-corrected chi connectivity index (χ0v) is 12.3. The molecule has 1 saturated heterocycles. The quantitative estimate of drug-likeness (QED) is 0.927. The highest BCUT2D eigenvalue weighted by Crippen LogP contribution is 2.44. The van der Waals surface area contributed by atoms with E-state index >= 15 is 0 Å². The molecule has 0 radical (unpaired) electrons. The van der Waals surface area contributed by atoms with Crippen LogP contribution in [-0.4, -0.2) is 48.1 Å². The molecule has 2 heterocycles. The van der Waals surface area contributed by atoms with Crippen LogP contribution >= 0.6 is 0 Å². The minimum atomic E-state index is -3.01. The van der Waals surface area contributed by atoms with E-state index in [1.807, 2.05) is 12.1 Å². The van der Waals surface area contributed by atoms with Crippen molar-refractivity contribution in [3.63, 3.8) is 0 Å². The second-order valence-corrected chi connectivity index (χ2v) is 5.95. The smallest absolute Gasteiger partial charge is 0.318 e. The number of aromatic nitrogens is 1. The molecule has 1 aromatic heterocycles. The highest BCUT2D eigenvalue weighted by Gasteiger charge is 2.47. The van der Waals surface area contributed by atoms with Crippen molar-refractivity contribution in [1.29, 1.82) is 0 Å². The number of hydrogen-bond donors (Lipinski definition) is 1. The van der Waals surface area contributed by atoms with Gasteiger partial charge in [0.1, 0.15) is 12.6 Å². The van der Waals surface area contributed by atoms with Crippen molar-refractivity contribution < 1.29 is 18.3 Å². The molecule has 7 heteroatoms. The van der Waals surface area contributed by atoms with E-state index in [9.17, 15) is 13.6 Å². The molecule has 0 bridgehead atoms. The number of nitrogens with zero attached hydrogens (tertiary/aromatic N) is 2. The number of amides is 2. The van der Waals surface area contributed by atoms with Gasteiger partial charge in [0.25, 0.3) is 5.92 Å². The Morgan fingerprint density at radius 2 is 2.14 bits per heavy atom. The Bertz CT molecular complexity index is 537. The summed E-state index contributed by atoms with van der Waals surface area (Å²) in [7, 11) is 1.65. The molecule has 0 aromatic carbocycles. The Kier molecular flexibility index (Phi) is 3.99. The zero-order chi connectivity index (χ0) is 15.7. The van der Waals surface area contributed by atoms with Gasteiger partial charge >= 0.3 is 6.03 Å². The van der Waals surface area contributed by atoms with Crippen LogP contribution in [-0.2, 0) is 4.74 Å². The Labute approximate surface area is 127 Å². The summed E-state index contributed by atoms with van der Waals surface area (Å²) in [6.45, 7) is -0.798. The van der Waals surface area contributed by atoms with Gasteiger partial charge < -0.3 is 15.0 Å². The number of rotatable bonds is 4. The molecule has 2 aliphatic rings. The fourth-order valence-electron chi connectivity index (χ4n) is 2.84. The minimum absolute atomic E-state index is 0.112. The third-order valence-electron chi connectivity index (χ3n) is 4.24. The van der Waals surface area contributed by atoms with Crippen molar-refractivity contribution in [2.45, 2.75) is 30.8 Å². The van der Waals surface area contributed by atoms with Gasteiger partial charge in [-0.1, -0.05) is 0 Å². The molecule has 3 rings (SSSR count). The second kappa shape index (κ2) is 5.79. The van der Waals surface area contributed by atoms with Crippen molar-refractivity contribution in [3.05, 3.63) is 30.1 Å². The maximum Gasteiger partial charge on any atom is 0.318 e. The molecule has 2 fully saturated rings. The van der Waals surface area contributed by atoms with E-state index in [2.05, 4.69) is 10.3 Å². The number of carbonyl (C=O) groups is 1. The molecule has 0 unspecified atom stereocenters. The molecule has 0 spiro atoms. The van der Waals surface area contributed by atoms with Gasteiger partial charge in [-0.3, -0.25) is 4.98 Å². The van der Waals surface area contributed by atoms with Gasteiger partial charge in [-0.15, -0.1) is 0 Å². The lowest BCUT2D eigenvalue weighted by atomic mass is 10.0. The van der Waals surface area contributed by atoms with Crippen LogP contribution in [0.1, 0.15) is 24.4 Å². The van der Waals surface area contributed by atoms with E-state index in [1.54, 1.807) is 19.4 Å². The first-order chi connectivity index (χ1) is 10.5. The van der Waals surface area contributed by atoms with E-state index in [4.69, 9.17) is 4.74 Å². The van der Waals surface area contributed by atoms with Crippen LogP contribution in [0.5, 0.6) is 0 Å². The van der Waals surface area contributed by atoms with Gasteiger partial charge in [-0.05, 0) is 36.5 Å².